The number of rotatable bonds is 6. The molecule has 2 aromatic heterocycles. The van der Waals surface area contributed by atoms with E-state index < -0.39 is 0 Å². The molecule has 0 spiro atoms. The van der Waals surface area contributed by atoms with Gasteiger partial charge in [-0.1, -0.05) is 17.7 Å². The summed E-state index contributed by atoms with van der Waals surface area (Å²) < 4.78 is 0. The Morgan fingerprint density at radius 1 is 0.865 bits per heavy atom. The largest absolute Gasteiger partial charge is 0.360 e. The van der Waals surface area contributed by atoms with Gasteiger partial charge in [0.25, 0.3) is 5.91 Å². The number of benzene rings is 3. The molecule has 0 bridgehead atoms. The molecule has 2 heterocycles. The summed E-state index contributed by atoms with van der Waals surface area (Å²) in [6.45, 7) is 5.50. The summed E-state index contributed by atoms with van der Waals surface area (Å²) in [5.74, 6) is 0.0393. The van der Waals surface area contributed by atoms with Crippen LogP contribution in [0.3, 0.4) is 0 Å². The highest BCUT2D eigenvalue weighted by Gasteiger charge is 2.13. The molecule has 0 aliphatic carbocycles. The van der Waals surface area contributed by atoms with E-state index in [4.69, 9.17) is 4.98 Å². The number of hydrogen-bond acceptors (Lipinski definition) is 5. The van der Waals surface area contributed by atoms with Gasteiger partial charge in [-0.2, -0.15) is 0 Å². The lowest BCUT2D eigenvalue weighted by Crippen LogP contribution is -2.12. The van der Waals surface area contributed by atoms with Crippen LogP contribution in [0.25, 0.3) is 22.2 Å². The van der Waals surface area contributed by atoms with E-state index in [1.54, 1.807) is 30.5 Å². The minimum Gasteiger partial charge on any atom is -0.360 e. The maximum absolute atomic E-state index is 12.7. The van der Waals surface area contributed by atoms with Gasteiger partial charge < -0.3 is 20.9 Å². The van der Waals surface area contributed by atoms with Crippen LogP contribution in [0.2, 0.25) is 0 Å². The van der Waals surface area contributed by atoms with Crippen molar-refractivity contribution < 1.29 is 9.59 Å². The van der Waals surface area contributed by atoms with Crippen LogP contribution >= 0.6 is 0 Å². The first kappa shape index (κ1) is 23.7. The summed E-state index contributed by atoms with van der Waals surface area (Å²) >= 11 is 0. The second-order valence-corrected chi connectivity index (χ2v) is 8.90. The molecule has 0 atom stereocenters. The predicted molar refractivity (Wildman–Crippen MR) is 147 cm³/mol. The van der Waals surface area contributed by atoms with Crippen molar-refractivity contribution in [3.8, 4) is 11.3 Å². The van der Waals surface area contributed by atoms with Crippen molar-refractivity contribution in [1.29, 1.82) is 0 Å². The molecule has 3 aromatic carbocycles. The van der Waals surface area contributed by atoms with Gasteiger partial charge in [-0.3, -0.25) is 9.59 Å². The third kappa shape index (κ3) is 5.33. The van der Waals surface area contributed by atoms with Gasteiger partial charge in [0.1, 0.15) is 0 Å². The Hall–Kier alpha value is -4.98. The zero-order valence-corrected chi connectivity index (χ0v) is 20.7. The molecule has 0 aliphatic rings. The van der Waals surface area contributed by atoms with Gasteiger partial charge in [-0.25, -0.2) is 9.97 Å². The molecule has 0 radical (unpaired) electrons. The van der Waals surface area contributed by atoms with Crippen molar-refractivity contribution in [1.82, 2.24) is 15.0 Å². The highest BCUT2D eigenvalue weighted by Crippen LogP contribution is 2.31. The number of carbonyl (C=O) groups excluding carboxylic acids is 2. The van der Waals surface area contributed by atoms with Crippen LogP contribution in [-0.4, -0.2) is 26.8 Å². The van der Waals surface area contributed by atoms with Gasteiger partial charge in [0.15, 0.2) is 0 Å². The van der Waals surface area contributed by atoms with E-state index in [1.165, 1.54) is 12.5 Å². The highest BCUT2D eigenvalue weighted by atomic mass is 16.2. The molecule has 0 aliphatic heterocycles. The number of H-pyrrole nitrogens is 1. The molecular formula is C29H26N6O2. The number of nitrogens with zero attached hydrogens (tertiary/aromatic N) is 2. The topological polar surface area (TPSA) is 112 Å². The first-order valence-electron chi connectivity index (χ1n) is 11.8. The van der Waals surface area contributed by atoms with E-state index >= 15 is 0 Å². The Morgan fingerprint density at radius 3 is 2.43 bits per heavy atom. The lowest BCUT2D eigenvalue weighted by atomic mass is 10.1. The molecule has 2 amide bonds. The minimum absolute atomic E-state index is 0.164. The van der Waals surface area contributed by atoms with Crippen LogP contribution in [0.1, 0.15) is 28.4 Å². The summed E-state index contributed by atoms with van der Waals surface area (Å²) in [6.07, 6.45) is 3.78. The number of nitrogens with one attached hydrogen (secondary N) is 4. The van der Waals surface area contributed by atoms with Crippen LogP contribution in [-0.2, 0) is 4.79 Å². The predicted octanol–water partition coefficient (Wildman–Crippen LogP) is 6.20. The van der Waals surface area contributed by atoms with Crippen LogP contribution in [0, 0.1) is 13.8 Å². The van der Waals surface area contributed by atoms with Crippen molar-refractivity contribution in [2.24, 2.45) is 0 Å². The number of aromatic amines is 1. The first-order valence-corrected chi connectivity index (χ1v) is 11.8. The molecule has 0 saturated heterocycles. The lowest BCUT2D eigenvalue weighted by Gasteiger charge is -2.11. The Morgan fingerprint density at radius 2 is 1.65 bits per heavy atom. The number of fused-ring (bicyclic) bond motifs is 1. The monoisotopic (exact) mass is 490 g/mol. The van der Waals surface area contributed by atoms with Gasteiger partial charge in [0.05, 0.1) is 5.69 Å². The average molecular weight is 491 g/mol. The molecule has 5 rings (SSSR count). The van der Waals surface area contributed by atoms with E-state index in [0.717, 1.165) is 33.4 Å². The fourth-order valence-corrected chi connectivity index (χ4v) is 4.12. The molecule has 5 aromatic rings. The number of aromatic nitrogens is 3. The molecule has 0 fully saturated rings. The summed E-state index contributed by atoms with van der Waals surface area (Å²) in [7, 11) is 0. The van der Waals surface area contributed by atoms with Crippen molar-refractivity contribution in [3.05, 3.63) is 95.8 Å². The number of anilines is 4. The molecule has 8 heteroatoms. The summed E-state index contributed by atoms with van der Waals surface area (Å²) in [6, 6.07) is 20.4. The van der Waals surface area contributed by atoms with Crippen LogP contribution in [0.5, 0.6) is 0 Å². The second-order valence-electron chi connectivity index (χ2n) is 8.90. The fraction of sp³-hybridized carbons (Fsp3) is 0.103. The SMILES string of the molecule is CC(=O)Nc1ccc(C(=O)Nc2cccc(Nc3ncc(C)c(-c4c[nH]c5ccc(C)cc45)n3)c2)cc1. The summed E-state index contributed by atoms with van der Waals surface area (Å²) in [4.78, 5) is 36.5. The minimum atomic E-state index is -0.255. The summed E-state index contributed by atoms with van der Waals surface area (Å²) in [5.41, 5.74) is 7.56. The van der Waals surface area contributed by atoms with E-state index in [-0.39, 0.29) is 11.8 Å². The van der Waals surface area contributed by atoms with E-state index in [2.05, 4.69) is 51.0 Å². The molecule has 0 unspecified atom stereocenters. The smallest absolute Gasteiger partial charge is 0.255 e. The van der Waals surface area contributed by atoms with Crippen LogP contribution in [0.4, 0.5) is 23.0 Å². The number of hydrogen-bond donors (Lipinski definition) is 4. The van der Waals surface area contributed by atoms with Crippen LogP contribution in [0.15, 0.2) is 79.1 Å². The first-order chi connectivity index (χ1) is 17.9. The third-order valence-electron chi connectivity index (χ3n) is 5.91. The third-order valence-corrected chi connectivity index (χ3v) is 5.91. The van der Waals surface area contributed by atoms with Gasteiger partial charge in [0.2, 0.25) is 11.9 Å². The molecule has 37 heavy (non-hydrogen) atoms. The molecule has 184 valence electrons. The number of aryl methyl sites for hydroxylation is 2. The Bertz CT molecular complexity index is 1620. The quantitative estimate of drug-likeness (QED) is 0.227. The maximum atomic E-state index is 12.7. The Balaban J connectivity index is 1.34. The fourth-order valence-electron chi connectivity index (χ4n) is 4.12. The van der Waals surface area contributed by atoms with E-state index in [9.17, 15) is 9.59 Å². The van der Waals surface area contributed by atoms with Crippen molar-refractivity contribution in [2.45, 2.75) is 20.8 Å². The van der Waals surface area contributed by atoms with Crippen molar-refractivity contribution in [2.75, 3.05) is 16.0 Å². The van der Waals surface area contributed by atoms with Gasteiger partial charge in [-0.05, 0) is 74.0 Å². The van der Waals surface area contributed by atoms with Gasteiger partial charge in [0, 0.05) is 58.4 Å². The van der Waals surface area contributed by atoms with Crippen molar-refractivity contribution >= 4 is 45.7 Å². The normalized spacial score (nSPS) is 10.8. The van der Waals surface area contributed by atoms with E-state index in [1.807, 2.05) is 37.4 Å². The average Bonchev–Trinajstić information content (AvgIpc) is 3.28. The van der Waals surface area contributed by atoms with Gasteiger partial charge in [-0.15, -0.1) is 0 Å². The maximum Gasteiger partial charge on any atom is 0.255 e. The number of carbonyl (C=O) groups is 2. The van der Waals surface area contributed by atoms with Crippen molar-refractivity contribution in [3.63, 3.8) is 0 Å². The Kier molecular flexibility index (Phi) is 6.38. The van der Waals surface area contributed by atoms with Gasteiger partial charge >= 0.3 is 0 Å². The number of amides is 2. The van der Waals surface area contributed by atoms with E-state index in [0.29, 0.717) is 22.9 Å². The molecular weight excluding hydrogens is 464 g/mol. The zero-order chi connectivity index (χ0) is 25.9. The second kappa shape index (κ2) is 9.94. The standard InChI is InChI=1S/C29H26N6O2/c1-17-7-12-26-24(13-17)25(16-30-26)27-18(2)15-31-29(35-27)34-23-6-4-5-22(14-23)33-28(37)20-8-10-21(11-9-20)32-19(3)36/h4-16,30H,1-3H3,(H,32,36)(H,33,37)(H,31,34,35). The Labute approximate surface area is 214 Å². The van der Waals surface area contributed by atoms with Crippen LogP contribution < -0.4 is 16.0 Å². The summed E-state index contributed by atoms with van der Waals surface area (Å²) in [5, 5.41) is 9.95. The lowest BCUT2D eigenvalue weighted by molar-refractivity contribution is -0.114. The highest BCUT2D eigenvalue weighted by molar-refractivity contribution is 6.05. The molecule has 0 saturated carbocycles. The molecule has 4 N–H and O–H groups in total. The zero-order valence-electron chi connectivity index (χ0n) is 20.7. The molecule has 8 nitrogen and oxygen atoms in total.